The molecular weight excluding hydrogens is 535 g/mol. The van der Waals surface area contributed by atoms with Crippen molar-refractivity contribution >= 4 is 59.0 Å². The minimum atomic E-state index is 0. The van der Waals surface area contributed by atoms with E-state index in [-0.39, 0.29) is 28.7 Å². The van der Waals surface area contributed by atoms with Crippen LogP contribution in [0.2, 0.25) is 5.02 Å². The molecule has 2 heterocycles. The highest BCUT2D eigenvalue weighted by Crippen LogP contribution is 2.35. The van der Waals surface area contributed by atoms with Gasteiger partial charge in [-0.15, -0.1) is 24.0 Å². The van der Waals surface area contributed by atoms with Crippen molar-refractivity contribution in [3.63, 3.8) is 0 Å². The molecule has 0 aliphatic carbocycles. The summed E-state index contributed by atoms with van der Waals surface area (Å²) in [5.74, 6) is 2.85. The third-order valence-corrected chi connectivity index (χ3v) is 7.36. The van der Waals surface area contributed by atoms with E-state index in [1.165, 1.54) is 0 Å². The topological polar surface area (TPSA) is 58.1 Å². The second-order valence-corrected chi connectivity index (χ2v) is 9.71. The van der Waals surface area contributed by atoms with Crippen molar-refractivity contribution in [2.24, 2.45) is 4.99 Å². The molecule has 3 rings (SSSR count). The Balaban J connectivity index is 0.00000320. The van der Waals surface area contributed by atoms with Gasteiger partial charge >= 0.3 is 0 Å². The van der Waals surface area contributed by atoms with E-state index in [9.17, 15) is 0 Å². The molecule has 2 saturated heterocycles. The molecule has 2 aliphatic heterocycles. The van der Waals surface area contributed by atoms with Crippen LogP contribution in [-0.2, 0) is 4.74 Å². The van der Waals surface area contributed by atoms with Crippen molar-refractivity contribution in [3.8, 4) is 5.75 Å². The summed E-state index contributed by atoms with van der Waals surface area (Å²) in [4.78, 5) is 6.78. The molecule has 1 aromatic carbocycles. The number of hydrogen-bond donors (Lipinski definition) is 2. The number of halogens is 2. The molecular formula is C21H34ClIN4O2S. The first-order valence-electron chi connectivity index (χ1n) is 10.4. The van der Waals surface area contributed by atoms with Crippen molar-refractivity contribution in [2.45, 2.75) is 37.0 Å². The number of aliphatic imine (C=N–C) groups is 1. The predicted octanol–water partition coefficient (Wildman–Crippen LogP) is 4.01. The van der Waals surface area contributed by atoms with Gasteiger partial charge in [-0.25, -0.2) is 0 Å². The maximum atomic E-state index is 6.21. The lowest BCUT2D eigenvalue weighted by atomic mass is 9.99. The number of benzene rings is 1. The zero-order chi connectivity index (χ0) is 20.7. The lowest BCUT2D eigenvalue weighted by Crippen LogP contribution is -2.50. The molecule has 2 fully saturated rings. The largest absolute Gasteiger partial charge is 0.495 e. The third kappa shape index (κ3) is 6.71. The molecule has 0 amide bonds. The van der Waals surface area contributed by atoms with Gasteiger partial charge in [0, 0.05) is 55.7 Å². The highest BCUT2D eigenvalue weighted by Gasteiger charge is 2.33. The van der Waals surface area contributed by atoms with E-state index in [2.05, 4.69) is 27.4 Å². The summed E-state index contributed by atoms with van der Waals surface area (Å²) in [7, 11) is 3.54. The molecule has 1 atom stereocenters. The van der Waals surface area contributed by atoms with Crippen molar-refractivity contribution in [1.29, 1.82) is 0 Å². The van der Waals surface area contributed by atoms with Crippen LogP contribution in [0.3, 0.4) is 0 Å². The highest BCUT2D eigenvalue weighted by atomic mass is 127. The minimum Gasteiger partial charge on any atom is -0.495 e. The Morgan fingerprint density at radius 1 is 1.40 bits per heavy atom. The lowest BCUT2D eigenvalue weighted by Gasteiger charge is -2.37. The van der Waals surface area contributed by atoms with E-state index in [1.807, 2.05) is 37.0 Å². The molecule has 9 heteroatoms. The van der Waals surface area contributed by atoms with Crippen molar-refractivity contribution in [2.75, 3.05) is 57.7 Å². The SMILES string of the molecule is CCSC1(CNC(=NC)NC2CCN(c3cc(Cl)ccc3OC)C2)CCOCC1.I. The van der Waals surface area contributed by atoms with Crippen LogP contribution in [0.1, 0.15) is 26.2 Å². The van der Waals surface area contributed by atoms with E-state index in [1.54, 1.807) is 7.11 Å². The number of rotatable bonds is 7. The summed E-state index contributed by atoms with van der Waals surface area (Å²) in [5, 5.41) is 7.90. The normalized spacial score (nSPS) is 21.1. The fourth-order valence-electron chi connectivity index (χ4n) is 4.06. The number of anilines is 1. The van der Waals surface area contributed by atoms with Gasteiger partial charge < -0.3 is 25.0 Å². The molecule has 6 nitrogen and oxygen atoms in total. The third-order valence-electron chi connectivity index (χ3n) is 5.67. The van der Waals surface area contributed by atoms with Gasteiger partial charge in [0.2, 0.25) is 0 Å². The Labute approximate surface area is 206 Å². The Kier molecular flexibility index (Phi) is 10.7. The number of nitrogens with zero attached hydrogens (tertiary/aromatic N) is 2. The average Bonchev–Trinajstić information content (AvgIpc) is 3.20. The van der Waals surface area contributed by atoms with Gasteiger partial charge in [0.1, 0.15) is 5.75 Å². The second-order valence-electron chi connectivity index (χ2n) is 7.55. The van der Waals surface area contributed by atoms with Gasteiger partial charge in [0.15, 0.2) is 5.96 Å². The van der Waals surface area contributed by atoms with E-state index < -0.39 is 0 Å². The Morgan fingerprint density at radius 2 is 2.17 bits per heavy atom. The standard InChI is InChI=1S/C21H33ClN4O2S.HI/c1-4-29-21(8-11-28-12-9-21)15-24-20(23-2)25-17-7-10-26(14-17)18-13-16(22)5-6-19(18)27-3;/h5-6,13,17H,4,7-12,14-15H2,1-3H3,(H2,23,24,25);1H. The van der Waals surface area contributed by atoms with Crippen LogP contribution >= 0.6 is 47.3 Å². The maximum absolute atomic E-state index is 6.21. The number of hydrogen-bond acceptors (Lipinski definition) is 5. The van der Waals surface area contributed by atoms with E-state index in [0.717, 1.165) is 80.3 Å². The van der Waals surface area contributed by atoms with Crippen LogP contribution in [0.15, 0.2) is 23.2 Å². The predicted molar refractivity (Wildman–Crippen MR) is 139 cm³/mol. The fourth-order valence-corrected chi connectivity index (χ4v) is 5.47. The molecule has 0 spiro atoms. The van der Waals surface area contributed by atoms with E-state index in [4.69, 9.17) is 21.1 Å². The van der Waals surface area contributed by atoms with Gasteiger partial charge in [-0.2, -0.15) is 11.8 Å². The number of methoxy groups -OCH3 is 1. The molecule has 1 unspecified atom stereocenters. The molecule has 0 saturated carbocycles. The van der Waals surface area contributed by atoms with Crippen LogP contribution in [0.5, 0.6) is 5.75 Å². The summed E-state index contributed by atoms with van der Waals surface area (Å²) >= 11 is 8.25. The van der Waals surface area contributed by atoms with E-state index >= 15 is 0 Å². The van der Waals surface area contributed by atoms with Crippen LogP contribution in [0.25, 0.3) is 0 Å². The van der Waals surface area contributed by atoms with Crippen molar-refractivity contribution < 1.29 is 9.47 Å². The van der Waals surface area contributed by atoms with E-state index in [0.29, 0.717) is 6.04 Å². The first-order chi connectivity index (χ1) is 14.1. The summed E-state index contributed by atoms with van der Waals surface area (Å²) in [6.45, 7) is 6.68. The summed E-state index contributed by atoms with van der Waals surface area (Å²) in [6.07, 6.45) is 3.21. The molecule has 30 heavy (non-hydrogen) atoms. The zero-order valence-corrected chi connectivity index (χ0v) is 22.0. The smallest absolute Gasteiger partial charge is 0.191 e. The van der Waals surface area contributed by atoms with Gasteiger partial charge in [-0.1, -0.05) is 18.5 Å². The van der Waals surface area contributed by atoms with Gasteiger partial charge in [-0.05, 0) is 43.2 Å². The molecule has 0 bridgehead atoms. The number of nitrogens with one attached hydrogen (secondary N) is 2. The van der Waals surface area contributed by atoms with Crippen molar-refractivity contribution in [3.05, 3.63) is 23.2 Å². The Hall–Kier alpha value is -0.580. The molecule has 2 N–H and O–H groups in total. The van der Waals surface area contributed by atoms with Gasteiger partial charge in [-0.3, -0.25) is 4.99 Å². The molecule has 0 radical (unpaired) electrons. The Bertz CT molecular complexity index is 698. The quantitative estimate of drug-likeness (QED) is 0.295. The fraction of sp³-hybridized carbons (Fsp3) is 0.667. The van der Waals surface area contributed by atoms with Crippen molar-refractivity contribution in [1.82, 2.24) is 10.6 Å². The molecule has 0 aromatic heterocycles. The second kappa shape index (κ2) is 12.5. The van der Waals surface area contributed by atoms with Crippen LogP contribution in [0.4, 0.5) is 5.69 Å². The average molecular weight is 569 g/mol. The summed E-state index contributed by atoms with van der Waals surface area (Å²) in [5.41, 5.74) is 1.05. The Morgan fingerprint density at radius 3 is 2.83 bits per heavy atom. The number of thioether (sulfide) groups is 1. The number of guanidine groups is 1. The summed E-state index contributed by atoms with van der Waals surface area (Å²) < 4.78 is 11.3. The van der Waals surface area contributed by atoms with Gasteiger partial charge in [0.25, 0.3) is 0 Å². The van der Waals surface area contributed by atoms with Crippen LogP contribution in [0, 0.1) is 0 Å². The first kappa shape index (κ1) is 25.7. The molecule has 2 aliphatic rings. The summed E-state index contributed by atoms with van der Waals surface area (Å²) in [6, 6.07) is 6.10. The molecule has 170 valence electrons. The zero-order valence-electron chi connectivity index (χ0n) is 18.1. The minimum absolute atomic E-state index is 0. The number of ether oxygens (including phenoxy) is 2. The van der Waals surface area contributed by atoms with Crippen LogP contribution < -0.4 is 20.3 Å². The van der Waals surface area contributed by atoms with Crippen LogP contribution in [-0.4, -0.2) is 69.5 Å². The highest BCUT2D eigenvalue weighted by molar-refractivity contribution is 14.0. The molecule has 1 aromatic rings. The maximum Gasteiger partial charge on any atom is 0.191 e. The lowest BCUT2D eigenvalue weighted by molar-refractivity contribution is 0.0782. The monoisotopic (exact) mass is 568 g/mol. The van der Waals surface area contributed by atoms with Gasteiger partial charge in [0.05, 0.1) is 12.8 Å². The first-order valence-corrected chi connectivity index (χ1v) is 11.7.